The zero-order chi connectivity index (χ0) is 12.7. The molecular formula is C15H30N2. The maximum absolute atomic E-state index is 3.61. The lowest BCUT2D eigenvalue weighted by Crippen LogP contribution is -2.46. The van der Waals surface area contributed by atoms with Gasteiger partial charge in [0.05, 0.1) is 0 Å². The molecule has 2 aliphatic rings. The lowest BCUT2D eigenvalue weighted by Gasteiger charge is -2.33. The largest absolute Gasteiger partial charge is 0.313 e. The van der Waals surface area contributed by atoms with E-state index in [0.717, 1.165) is 18.5 Å². The van der Waals surface area contributed by atoms with Crippen LogP contribution < -0.4 is 5.32 Å². The number of nitrogens with one attached hydrogen (secondary N) is 1. The topological polar surface area (TPSA) is 15.3 Å². The van der Waals surface area contributed by atoms with E-state index >= 15 is 0 Å². The average molecular weight is 238 g/mol. The van der Waals surface area contributed by atoms with Gasteiger partial charge in [-0.2, -0.15) is 0 Å². The summed E-state index contributed by atoms with van der Waals surface area (Å²) in [5, 5.41) is 3.61. The summed E-state index contributed by atoms with van der Waals surface area (Å²) in [6.07, 6.45) is 2.73. The second kappa shape index (κ2) is 4.55. The van der Waals surface area contributed by atoms with E-state index in [4.69, 9.17) is 0 Å². The van der Waals surface area contributed by atoms with Gasteiger partial charge < -0.3 is 10.2 Å². The fourth-order valence-corrected chi connectivity index (χ4v) is 3.72. The van der Waals surface area contributed by atoms with Crippen LogP contribution in [0.15, 0.2) is 0 Å². The molecule has 1 saturated heterocycles. The number of likely N-dealkylation sites (N-methyl/N-ethyl adjacent to an activating group) is 1. The first kappa shape index (κ1) is 13.4. The minimum atomic E-state index is 0.540. The predicted molar refractivity (Wildman–Crippen MR) is 74.2 cm³/mol. The van der Waals surface area contributed by atoms with E-state index in [2.05, 4.69) is 44.8 Å². The highest BCUT2D eigenvalue weighted by atomic mass is 15.2. The molecule has 0 radical (unpaired) electrons. The zero-order valence-electron chi connectivity index (χ0n) is 12.3. The van der Waals surface area contributed by atoms with Crippen LogP contribution in [0.4, 0.5) is 0 Å². The van der Waals surface area contributed by atoms with Gasteiger partial charge in [0.2, 0.25) is 0 Å². The highest BCUT2D eigenvalue weighted by molar-refractivity contribution is 5.13. The van der Waals surface area contributed by atoms with Gasteiger partial charge >= 0.3 is 0 Å². The summed E-state index contributed by atoms with van der Waals surface area (Å²) < 4.78 is 0. The normalized spacial score (nSPS) is 32.6. The maximum Gasteiger partial charge on any atom is 0.0195 e. The predicted octanol–water partition coefficient (Wildman–Crippen LogP) is 2.74. The summed E-state index contributed by atoms with van der Waals surface area (Å²) in [5.74, 6) is 0.885. The van der Waals surface area contributed by atoms with Gasteiger partial charge in [-0.15, -0.1) is 0 Å². The first-order chi connectivity index (χ1) is 7.89. The minimum absolute atomic E-state index is 0.540. The first-order valence-electron chi connectivity index (χ1n) is 7.35. The molecule has 1 heterocycles. The van der Waals surface area contributed by atoms with Gasteiger partial charge in [0, 0.05) is 19.1 Å². The van der Waals surface area contributed by atoms with Crippen molar-refractivity contribution in [3.63, 3.8) is 0 Å². The molecule has 2 rings (SSSR count). The van der Waals surface area contributed by atoms with Gasteiger partial charge in [-0.3, -0.25) is 0 Å². The quantitative estimate of drug-likeness (QED) is 0.810. The van der Waals surface area contributed by atoms with Crippen molar-refractivity contribution in [3.05, 3.63) is 0 Å². The summed E-state index contributed by atoms with van der Waals surface area (Å²) in [6.45, 7) is 16.9. The molecule has 1 aliphatic heterocycles. The van der Waals surface area contributed by atoms with Gasteiger partial charge in [0.1, 0.15) is 0 Å². The third kappa shape index (κ3) is 2.39. The molecule has 2 nitrogen and oxygen atoms in total. The van der Waals surface area contributed by atoms with E-state index in [0.29, 0.717) is 10.8 Å². The van der Waals surface area contributed by atoms with Crippen LogP contribution in [0.2, 0.25) is 0 Å². The van der Waals surface area contributed by atoms with E-state index < -0.39 is 0 Å². The molecule has 1 N–H and O–H groups in total. The first-order valence-corrected chi connectivity index (χ1v) is 7.35. The Morgan fingerprint density at radius 1 is 1.18 bits per heavy atom. The maximum atomic E-state index is 3.61. The smallest absolute Gasteiger partial charge is 0.0195 e. The third-order valence-corrected chi connectivity index (χ3v) is 5.76. The molecule has 0 bridgehead atoms. The molecule has 17 heavy (non-hydrogen) atoms. The Labute approximate surface area is 107 Å². The molecule has 1 unspecified atom stereocenters. The van der Waals surface area contributed by atoms with Crippen molar-refractivity contribution in [2.24, 2.45) is 16.7 Å². The van der Waals surface area contributed by atoms with Crippen molar-refractivity contribution in [2.75, 3.05) is 26.2 Å². The highest BCUT2D eigenvalue weighted by Gasteiger charge is 2.64. The van der Waals surface area contributed by atoms with Crippen molar-refractivity contribution < 1.29 is 0 Å². The summed E-state index contributed by atoms with van der Waals surface area (Å²) in [4.78, 5) is 2.69. The van der Waals surface area contributed by atoms with Crippen LogP contribution in [0, 0.1) is 16.7 Å². The second-order valence-corrected chi connectivity index (χ2v) is 7.15. The van der Waals surface area contributed by atoms with Crippen LogP contribution in [0.25, 0.3) is 0 Å². The fourth-order valence-electron chi connectivity index (χ4n) is 3.72. The van der Waals surface area contributed by atoms with Crippen LogP contribution in [0.3, 0.4) is 0 Å². The SMILES string of the molecule is CCNC1CCCN(CC2C(C)(C)C2(C)C)C1. The van der Waals surface area contributed by atoms with E-state index in [-0.39, 0.29) is 0 Å². The van der Waals surface area contributed by atoms with Gasteiger partial charge in [-0.1, -0.05) is 34.6 Å². The number of likely N-dealkylation sites (tertiary alicyclic amines) is 1. The Balaban J connectivity index is 1.84. The van der Waals surface area contributed by atoms with Gasteiger partial charge in [0.25, 0.3) is 0 Å². The molecular weight excluding hydrogens is 208 g/mol. The summed E-state index contributed by atoms with van der Waals surface area (Å²) in [7, 11) is 0. The molecule has 0 aromatic carbocycles. The van der Waals surface area contributed by atoms with Crippen LogP contribution in [0.5, 0.6) is 0 Å². The molecule has 1 atom stereocenters. The molecule has 2 fully saturated rings. The Hall–Kier alpha value is -0.0800. The fraction of sp³-hybridized carbons (Fsp3) is 1.00. The summed E-state index contributed by atoms with van der Waals surface area (Å²) >= 11 is 0. The number of rotatable bonds is 4. The number of hydrogen-bond donors (Lipinski definition) is 1. The van der Waals surface area contributed by atoms with E-state index in [1.165, 1.54) is 32.5 Å². The summed E-state index contributed by atoms with van der Waals surface area (Å²) in [5.41, 5.74) is 1.08. The van der Waals surface area contributed by atoms with Gasteiger partial charge in [0.15, 0.2) is 0 Å². The number of hydrogen-bond acceptors (Lipinski definition) is 2. The van der Waals surface area contributed by atoms with Crippen molar-refractivity contribution in [2.45, 2.75) is 53.5 Å². The van der Waals surface area contributed by atoms with Gasteiger partial charge in [-0.05, 0) is 42.7 Å². The standard InChI is InChI=1S/C15H30N2/c1-6-16-12-8-7-9-17(10-12)11-13-14(2,3)15(13,4)5/h12-13,16H,6-11H2,1-5H3. The Morgan fingerprint density at radius 2 is 1.82 bits per heavy atom. The van der Waals surface area contributed by atoms with Gasteiger partial charge in [-0.25, -0.2) is 0 Å². The lowest BCUT2D eigenvalue weighted by atomic mass is 10.0. The minimum Gasteiger partial charge on any atom is -0.313 e. The average Bonchev–Trinajstić information content (AvgIpc) is 2.62. The van der Waals surface area contributed by atoms with E-state index in [1.54, 1.807) is 0 Å². The van der Waals surface area contributed by atoms with E-state index in [9.17, 15) is 0 Å². The zero-order valence-corrected chi connectivity index (χ0v) is 12.3. The van der Waals surface area contributed by atoms with Crippen LogP contribution in [0.1, 0.15) is 47.5 Å². The second-order valence-electron chi connectivity index (χ2n) is 7.15. The molecule has 0 aromatic heterocycles. The monoisotopic (exact) mass is 238 g/mol. The number of nitrogens with zero attached hydrogens (tertiary/aromatic N) is 1. The van der Waals surface area contributed by atoms with Crippen LogP contribution in [-0.4, -0.2) is 37.1 Å². The molecule has 0 spiro atoms. The Morgan fingerprint density at radius 3 is 2.35 bits per heavy atom. The highest BCUT2D eigenvalue weighted by Crippen LogP contribution is 2.68. The molecule has 100 valence electrons. The van der Waals surface area contributed by atoms with Crippen molar-refractivity contribution in [1.29, 1.82) is 0 Å². The molecule has 2 heteroatoms. The Kier molecular flexibility index (Phi) is 3.57. The Bertz CT molecular complexity index is 254. The molecule has 1 aliphatic carbocycles. The molecule has 0 amide bonds. The van der Waals surface area contributed by atoms with E-state index in [1.807, 2.05) is 0 Å². The molecule has 1 saturated carbocycles. The third-order valence-electron chi connectivity index (χ3n) is 5.76. The summed E-state index contributed by atoms with van der Waals surface area (Å²) in [6, 6.07) is 0.735. The number of piperidine rings is 1. The van der Waals surface area contributed by atoms with Crippen molar-refractivity contribution in [3.8, 4) is 0 Å². The molecule has 0 aromatic rings. The van der Waals surface area contributed by atoms with Crippen LogP contribution in [-0.2, 0) is 0 Å². The lowest BCUT2D eigenvalue weighted by molar-refractivity contribution is 0.175. The van der Waals surface area contributed by atoms with Crippen LogP contribution >= 0.6 is 0 Å². The van der Waals surface area contributed by atoms with Crippen molar-refractivity contribution >= 4 is 0 Å². The van der Waals surface area contributed by atoms with Crippen molar-refractivity contribution in [1.82, 2.24) is 10.2 Å².